The SMILES string of the molecule is C/C(N)=C/C#N.CC1=C(C#N)C(c2cccc([N+](=O)[O-])c2)C2=C(CCCC2=O)N1. The van der Waals surface area contributed by atoms with Crippen LogP contribution in [0, 0.1) is 32.8 Å². The molecule has 1 aliphatic carbocycles. The maximum Gasteiger partial charge on any atom is 0.269 e. The summed E-state index contributed by atoms with van der Waals surface area (Å²) in [7, 11) is 0. The Bertz CT molecular complexity index is 1020. The number of nitro groups is 1. The van der Waals surface area contributed by atoms with Crippen molar-refractivity contribution in [1.29, 1.82) is 10.5 Å². The number of nitrogens with two attached hydrogens (primary N) is 1. The second-order valence-electron chi connectivity index (χ2n) is 6.75. The molecule has 3 N–H and O–H groups in total. The van der Waals surface area contributed by atoms with E-state index in [1.807, 2.05) is 0 Å². The van der Waals surface area contributed by atoms with Crippen molar-refractivity contribution < 1.29 is 9.72 Å². The number of hydrogen-bond donors (Lipinski definition) is 2. The number of nitriles is 2. The van der Waals surface area contributed by atoms with Crippen molar-refractivity contribution in [3.63, 3.8) is 0 Å². The lowest BCUT2D eigenvalue weighted by Gasteiger charge is -2.32. The van der Waals surface area contributed by atoms with Crippen molar-refractivity contribution in [2.45, 2.75) is 39.0 Å². The number of carbonyl (C=O) groups excluding carboxylic acids is 1. The number of nitrogens with zero attached hydrogens (tertiary/aromatic N) is 3. The van der Waals surface area contributed by atoms with Crippen molar-refractivity contribution in [2.75, 3.05) is 0 Å². The molecule has 29 heavy (non-hydrogen) atoms. The minimum absolute atomic E-state index is 0.00973. The van der Waals surface area contributed by atoms with Crippen LogP contribution in [-0.4, -0.2) is 10.7 Å². The Morgan fingerprint density at radius 1 is 1.38 bits per heavy atom. The molecule has 0 saturated carbocycles. The zero-order valence-corrected chi connectivity index (χ0v) is 16.2. The van der Waals surface area contributed by atoms with Crippen molar-refractivity contribution in [3.05, 3.63) is 74.3 Å². The summed E-state index contributed by atoms with van der Waals surface area (Å²) in [6.07, 6.45) is 3.27. The Kier molecular flexibility index (Phi) is 6.89. The number of nitro benzene ring substituents is 1. The third-order valence-corrected chi connectivity index (χ3v) is 4.60. The van der Waals surface area contributed by atoms with Crippen molar-refractivity contribution >= 4 is 11.5 Å². The Morgan fingerprint density at radius 3 is 2.66 bits per heavy atom. The number of allylic oxidation sites excluding steroid dienone is 6. The Morgan fingerprint density at radius 2 is 2.10 bits per heavy atom. The molecule has 0 spiro atoms. The van der Waals surface area contributed by atoms with E-state index in [4.69, 9.17) is 11.0 Å². The van der Waals surface area contributed by atoms with Gasteiger partial charge in [0.05, 0.1) is 28.6 Å². The predicted molar refractivity (Wildman–Crippen MR) is 107 cm³/mol. The molecule has 0 bridgehead atoms. The summed E-state index contributed by atoms with van der Waals surface area (Å²) in [4.78, 5) is 23.0. The van der Waals surface area contributed by atoms with E-state index < -0.39 is 10.8 Å². The van der Waals surface area contributed by atoms with Gasteiger partial charge < -0.3 is 11.1 Å². The molecule has 8 nitrogen and oxygen atoms in total. The average molecular weight is 391 g/mol. The van der Waals surface area contributed by atoms with Crippen LogP contribution in [0.3, 0.4) is 0 Å². The van der Waals surface area contributed by atoms with Crippen molar-refractivity contribution in [1.82, 2.24) is 5.32 Å². The normalized spacial score (nSPS) is 18.6. The molecule has 148 valence electrons. The topological polar surface area (TPSA) is 146 Å². The molecule has 0 fully saturated rings. The number of non-ortho nitro benzene ring substituents is 1. The van der Waals surface area contributed by atoms with Gasteiger partial charge >= 0.3 is 0 Å². The number of rotatable bonds is 2. The summed E-state index contributed by atoms with van der Waals surface area (Å²) in [6, 6.07) is 10.1. The van der Waals surface area contributed by atoms with E-state index in [0.29, 0.717) is 34.5 Å². The molecule has 1 atom stereocenters. The zero-order chi connectivity index (χ0) is 21.6. The van der Waals surface area contributed by atoms with Gasteiger partial charge in [-0.25, -0.2) is 0 Å². The molecule has 0 saturated heterocycles. The van der Waals surface area contributed by atoms with Crippen LogP contribution < -0.4 is 11.1 Å². The third-order valence-electron chi connectivity index (χ3n) is 4.60. The largest absolute Gasteiger partial charge is 0.402 e. The summed E-state index contributed by atoms with van der Waals surface area (Å²) in [6.45, 7) is 3.47. The van der Waals surface area contributed by atoms with Gasteiger partial charge in [-0.05, 0) is 32.3 Å². The Hall–Kier alpha value is -3.91. The molecule has 0 aromatic heterocycles. The second kappa shape index (κ2) is 9.34. The lowest BCUT2D eigenvalue weighted by atomic mass is 9.75. The number of carbonyl (C=O) groups is 1. The average Bonchev–Trinajstić information content (AvgIpc) is 2.67. The van der Waals surface area contributed by atoms with E-state index in [0.717, 1.165) is 18.5 Å². The lowest BCUT2D eigenvalue weighted by Crippen LogP contribution is -2.31. The Balaban J connectivity index is 0.000000438. The summed E-state index contributed by atoms with van der Waals surface area (Å²) >= 11 is 0. The molecule has 1 aromatic rings. The van der Waals surface area contributed by atoms with Crippen molar-refractivity contribution in [3.8, 4) is 12.1 Å². The van der Waals surface area contributed by atoms with Crippen LogP contribution in [0.2, 0.25) is 0 Å². The summed E-state index contributed by atoms with van der Waals surface area (Å²) in [5.74, 6) is -0.514. The molecule has 1 aliphatic heterocycles. The van der Waals surface area contributed by atoms with Crippen LogP contribution in [0.15, 0.2) is 58.6 Å². The highest BCUT2D eigenvalue weighted by Gasteiger charge is 2.36. The van der Waals surface area contributed by atoms with E-state index in [9.17, 15) is 20.2 Å². The van der Waals surface area contributed by atoms with E-state index in [-0.39, 0.29) is 11.5 Å². The highest BCUT2D eigenvalue weighted by atomic mass is 16.6. The smallest absolute Gasteiger partial charge is 0.269 e. The first-order valence-corrected chi connectivity index (χ1v) is 9.00. The zero-order valence-electron chi connectivity index (χ0n) is 16.2. The first-order valence-electron chi connectivity index (χ1n) is 9.00. The maximum atomic E-state index is 12.4. The predicted octanol–water partition coefficient (Wildman–Crippen LogP) is 3.46. The van der Waals surface area contributed by atoms with E-state index >= 15 is 0 Å². The van der Waals surface area contributed by atoms with Gasteiger partial charge in [0.1, 0.15) is 0 Å². The van der Waals surface area contributed by atoms with Gasteiger partial charge in [-0.1, -0.05) is 12.1 Å². The minimum Gasteiger partial charge on any atom is -0.402 e. The molecule has 0 radical (unpaired) electrons. The lowest BCUT2D eigenvalue weighted by molar-refractivity contribution is -0.384. The van der Waals surface area contributed by atoms with Crippen LogP contribution in [-0.2, 0) is 4.79 Å². The van der Waals surface area contributed by atoms with Gasteiger partial charge in [-0.3, -0.25) is 14.9 Å². The van der Waals surface area contributed by atoms with Crippen LogP contribution in [0.1, 0.15) is 44.6 Å². The summed E-state index contributed by atoms with van der Waals surface area (Å²) in [5, 5.41) is 31.6. The van der Waals surface area contributed by atoms with Gasteiger partial charge in [0.15, 0.2) is 5.78 Å². The van der Waals surface area contributed by atoms with Gasteiger partial charge in [0, 0.05) is 47.3 Å². The van der Waals surface area contributed by atoms with Gasteiger partial charge in [-0.15, -0.1) is 0 Å². The fraction of sp³-hybridized carbons (Fsp3) is 0.286. The van der Waals surface area contributed by atoms with Crippen molar-refractivity contribution in [2.24, 2.45) is 5.73 Å². The highest BCUT2D eigenvalue weighted by Crippen LogP contribution is 2.42. The first-order chi connectivity index (χ1) is 13.8. The van der Waals surface area contributed by atoms with E-state index in [1.54, 1.807) is 32.0 Å². The number of hydrogen-bond acceptors (Lipinski definition) is 7. The molecule has 1 unspecified atom stereocenters. The first kappa shape index (κ1) is 21.4. The number of dihydropyridines is 1. The molecular formula is C21H21N5O3. The monoisotopic (exact) mass is 391 g/mol. The number of Topliss-reactive ketones (excluding diaryl/α,β-unsaturated/α-hetero) is 1. The van der Waals surface area contributed by atoms with Crippen LogP contribution in [0.25, 0.3) is 0 Å². The highest BCUT2D eigenvalue weighted by molar-refractivity contribution is 5.99. The summed E-state index contributed by atoms with van der Waals surface area (Å²) in [5.41, 5.74) is 8.74. The molecule has 3 rings (SSSR count). The van der Waals surface area contributed by atoms with Crippen LogP contribution >= 0.6 is 0 Å². The second-order valence-corrected chi connectivity index (χ2v) is 6.75. The number of ketones is 1. The van der Waals surface area contributed by atoms with Gasteiger partial charge in [-0.2, -0.15) is 10.5 Å². The molecular weight excluding hydrogens is 370 g/mol. The maximum absolute atomic E-state index is 12.4. The van der Waals surface area contributed by atoms with E-state index in [2.05, 4.69) is 11.4 Å². The standard InChI is InChI=1S/C17H15N3O3.C4H6N2/c1-10-13(9-18)16(11-4-2-5-12(8-11)20(22)23)17-14(19-10)6-3-7-15(17)21;1-4(6)2-3-5/h2,4-5,8,16,19H,3,6-7H2,1H3;2H,6H2,1H3/b;4-2-. The minimum atomic E-state index is -0.524. The van der Waals surface area contributed by atoms with Gasteiger partial charge in [0.2, 0.25) is 0 Å². The fourth-order valence-corrected chi connectivity index (χ4v) is 3.38. The molecule has 8 heteroatoms. The fourth-order valence-electron chi connectivity index (χ4n) is 3.38. The number of nitrogens with one attached hydrogen (secondary N) is 1. The molecule has 2 aliphatic rings. The molecule has 1 aromatic carbocycles. The Labute approximate surface area is 168 Å². The molecule has 1 heterocycles. The third kappa shape index (κ3) is 4.88. The number of benzene rings is 1. The van der Waals surface area contributed by atoms with Gasteiger partial charge in [0.25, 0.3) is 5.69 Å². The molecule has 0 amide bonds. The van der Waals surface area contributed by atoms with Crippen LogP contribution in [0.5, 0.6) is 0 Å². The quantitative estimate of drug-likeness (QED) is 0.446. The summed E-state index contributed by atoms with van der Waals surface area (Å²) < 4.78 is 0. The van der Waals surface area contributed by atoms with Crippen LogP contribution in [0.4, 0.5) is 5.69 Å². The van der Waals surface area contributed by atoms with E-state index in [1.165, 1.54) is 18.2 Å².